The highest BCUT2D eigenvalue weighted by Gasteiger charge is 2.24. The average Bonchev–Trinajstić information content (AvgIpc) is 3.13. The number of halogens is 1. The molecule has 0 bridgehead atoms. The molecule has 114 valence electrons. The summed E-state index contributed by atoms with van der Waals surface area (Å²) < 4.78 is 12.9. The Balaban J connectivity index is 1.78. The third kappa shape index (κ3) is 2.12. The minimum absolute atomic E-state index is 0.305. The first-order valence-electron chi connectivity index (χ1n) is 7.40. The topological polar surface area (TPSA) is 53.1 Å². The molecular formula is C16H16ClN3O2. The molecule has 22 heavy (non-hydrogen) atoms. The van der Waals surface area contributed by atoms with E-state index >= 15 is 0 Å². The lowest BCUT2D eigenvalue weighted by Crippen LogP contribution is -2.15. The van der Waals surface area contributed by atoms with Crippen LogP contribution in [0.25, 0.3) is 22.5 Å². The monoisotopic (exact) mass is 317 g/mol. The number of para-hydroxylation sites is 1. The van der Waals surface area contributed by atoms with Crippen LogP contribution in [0.2, 0.25) is 5.02 Å². The number of aromatic nitrogens is 3. The van der Waals surface area contributed by atoms with E-state index in [1.807, 2.05) is 35.9 Å². The maximum Gasteiger partial charge on any atom is 0.276 e. The Morgan fingerprint density at radius 2 is 2.00 bits per heavy atom. The molecule has 5 nitrogen and oxygen atoms in total. The van der Waals surface area contributed by atoms with E-state index in [4.69, 9.17) is 20.9 Å². The summed E-state index contributed by atoms with van der Waals surface area (Å²) in [6, 6.07) is 7.99. The second-order valence-electron chi connectivity index (χ2n) is 5.58. The van der Waals surface area contributed by atoms with Crippen molar-refractivity contribution in [3.63, 3.8) is 0 Å². The van der Waals surface area contributed by atoms with Crippen LogP contribution in [0.4, 0.5) is 0 Å². The Kier molecular flexibility index (Phi) is 3.39. The summed E-state index contributed by atoms with van der Waals surface area (Å²) in [7, 11) is 1.96. The smallest absolute Gasteiger partial charge is 0.276 e. The number of hydrogen-bond acceptors (Lipinski definition) is 4. The predicted octanol–water partition coefficient (Wildman–Crippen LogP) is 3.78. The summed E-state index contributed by atoms with van der Waals surface area (Å²) in [5, 5.41) is 5.80. The predicted molar refractivity (Wildman–Crippen MR) is 84.0 cm³/mol. The number of aryl methyl sites for hydroxylation is 1. The zero-order chi connectivity index (χ0) is 15.1. The highest BCUT2D eigenvalue weighted by Crippen LogP contribution is 2.36. The molecule has 1 aliphatic heterocycles. The molecule has 6 heteroatoms. The van der Waals surface area contributed by atoms with Crippen molar-refractivity contribution in [2.75, 3.05) is 13.2 Å². The van der Waals surface area contributed by atoms with Crippen molar-refractivity contribution >= 4 is 22.5 Å². The SMILES string of the molecule is Cn1c(-c2nc(C3CCOCC3)no2)c(Cl)c2ccccc21. The Labute approximate surface area is 132 Å². The number of benzene rings is 1. The van der Waals surface area contributed by atoms with E-state index < -0.39 is 0 Å². The van der Waals surface area contributed by atoms with Crippen LogP contribution >= 0.6 is 11.6 Å². The number of ether oxygens (including phenoxy) is 1. The van der Waals surface area contributed by atoms with Gasteiger partial charge in [-0.2, -0.15) is 4.98 Å². The first-order valence-corrected chi connectivity index (χ1v) is 7.78. The van der Waals surface area contributed by atoms with E-state index in [9.17, 15) is 0 Å². The number of hydrogen-bond donors (Lipinski definition) is 0. The van der Waals surface area contributed by atoms with Crippen molar-refractivity contribution in [2.45, 2.75) is 18.8 Å². The molecule has 4 rings (SSSR count). The molecule has 1 fully saturated rings. The van der Waals surface area contributed by atoms with Gasteiger partial charge in [-0.05, 0) is 18.9 Å². The largest absolute Gasteiger partial charge is 0.381 e. The van der Waals surface area contributed by atoms with E-state index in [0.29, 0.717) is 16.8 Å². The Hall–Kier alpha value is -1.85. The summed E-state index contributed by atoms with van der Waals surface area (Å²) in [6.45, 7) is 1.51. The maximum atomic E-state index is 6.52. The van der Waals surface area contributed by atoms with E-state index in [2.05, 4.69) is 10.1 Å². The van der Waals surface area contributed by atoms with Crippen molar-refractivity contribution in [1.82, 2.24) is 14.7 Å². The Bertz CT molecular complexity index is 779. The average molecular weight is 318 g/mol. The van der Waals surface area contributed by atoms with Gasteiger partial charge < -0.3 is 13.8 Å². The van der Waals surface area contributed by atoms with Gasteiger partial charge in [-0.1, -0.05) is 35.0 Å². The third-order valence-corrected chi connectivity index (χ3v) is 4.66. The molecule has 0 aliphatic carbocycles. The first kappa shape index (κ1) is 13.8. The van der Waals surface area contributed by atoms with Gasteiger partial charge in [0.15, 0.2) is 5.82 Å². The summed E-state index contributed by atoms with van der Waals surface area (Å²) in [5.74, 6) is 1.53. The number of fused-ring (bicyclic) bond motifs is 1. The fourth-order valence-electron chi connectivity index (χ4n) is 3.04. The molecule has 1 aromatic carbocycles. The van der Waals surface area contributed by atoms with Crippen LogP contribution in [0.3, 0.4) is 0 Å². The van der Waals surface area contributed by atoms with Crippen LogP contribution in [0.1, 0.15) is 24.6 Å². The van der Waals surface area contributed by atoms with Crippen LogP contribution in [0.15, 0.2) is 28.8 Å². The molecule has 0 radical (unpaired) electrons. The normalized spacial score (nSPS) is 16.5. The molecule has 0 unspecified atom stereocenters. The standard InChI is InChI=1S/C16H16ClN3O2/c1-20-12-5-3-2-4-11(12)13(17)14(20)16-18-15(19-22-16)10-6-8-21-9-7-10/h2-5,10H,6-9H2,1H3. The Morgan fingerprint density at radius 1 is 1.23 bits per heavy atom. The quantitative estimate of drug-likeness (QED) is 0.722. The van der Waals surface area contributed by atoms with Gasteiger partial charge in [-0.15, -0.1) is 0 Å². The molecule has 2 aromatic heterocycles. The highest BCUT2D eigenvalue weighted by atomic mass is 35.5. The van der Waals surface area contributed by atoms with Crippen LogP contribution in [0, 0.1) is 0 Å². The molecular weight excluding hydrogens is 302 g/mol. The zero-order valence-electron chi connectivity index (χ0n) is 12.3. The van der Waals surface area contributed by atoms with Crippen molar-refractivity contribution < 1.29 is 9.26 Å². The minimum Gasteiger partial charge on any atom is -0.381 e. The van der Waals surface area contributed by atoms with Crippen molar-refractivity contribution in [3.05, 3.63) is 35.1 Å². The fourth-order valence-corrected chi connectivity index (χ4v) is 3.40. The lowest BCUT2D eigenvalue weighted by molar-refractivity contribution is 0.0830. The van der Waals surface area contributed by atoms with Gasteiger partial charge >= 0.3 is 0 Å². The first-order chi connectivity index (χ1) is 10.8. The van der Waals surface area contributed by atoms with E-state index in [1.54, 1.807) is 0 Å². The van der Waals surface area contributed by atoms with Crippen LogP contribution in [0.5, 0.6) is 0 Å². The van der Waals surface area contributed by atoms with Gasteiger partial charge in [0, 0.05) is 37.1 Å². The van der Waals surface area contributed by atoms with Gasteiger partial charge in [0.05, 0.1) is 5.02 Å². The van der Waals surface area contributed by atoms with E-state index in [0.717, 1.165) is 48.5 Å². The van der Waals surface area contributed by atoms with Crippen LogP contribution < -0.4 is 0 Å². The van der Waals surface area contributed by atoms with Gasteiger partial charge in [-0.3, -0.25) is 0 Å². The van der Waals surface area contributed by atoms with Crippen LogP contribution in [-0.4, -0.2) is 27.9 Å². The van der Waals surface area contributed by atoms with Gasteiger partial charge in [0.1, 0.15) is 5.69 Å². The molecule has 0 amide bonds. The van der Waals surface area contributed by atoms with Crippen molar-refractivity contribution in [2.24, 2.45) is 7.05 Å². The molecule has 1 saturated heterocycles. The molecule has 3 aromatic rings. The van der Waals surface area contributed by atoms with Crippen molar-refractivity contribution in [1.29, 1.82) is 0 Å². The molecule has 3 heterocycles. The second-order valence-corrected chi connectivity index (χ2v) is 5.96. The Morgan fingerprint density at radius 3 is 2.77 bits per heavy atom. The van der Waals surface area contributed by atoms with Gasteiger partial charge in [0.2, 0.25) is 0 Å². The van der Waals surface area contributed by atoms with Crippen LogP contribution in [-0.2, 0) is 11.8 Å². The summed E-state index contributed by atoms with van der Waals surface area (Å²) in [5.41, 5.74) is 1.82. The lowest BCUT2D eigenvalue weighted by atomic mass is 10.00. The molecule has 0 spiro atoms. The third-order valence-electron chi connectivity index (χ3n) is 4.28. The summed E-state index contributed by atoms with van der Waals surface area (Å²) in [6.07, 6.45) is 1.86. The number of nitrogens with zero attached hydrogens (tertiary/aromatic N) is 3. The second kappa shape index (κ2) is 5.41. The van der Waals surface area contributed by atoms with E-state index in [-0.39, 0.29) is 0 Å². The summed E-state index contributed by atoms with van der Waals surface area (Å²) in [4.78, 5) is 4.58. The van der Waals surface area contributed by atoms with Crippen molar-refractivity contribution in [3.8, 4) is 11.6 Å². The molecule has 0 N–H and O–H groups in total. The van der Waals surface area contributed by atoms with Gasteiger partial charge in [-0.25, -0.2) is 0 Å². The summed E-state index contributed by atoms with van der Waals surface area (Å²) >= 11 is 6.52. The lowest BCUT2D eigenvalue weighted by Gasteiger charge is -2.18. The maximum absolute atomic E-state index is 6.52. The molecule has 1 aliphatic rings. The molecule has 0 atom stereocenters. The highest BCUT2D eigenvalue weighted by molar-refractivity contribution is 6.38. The van der Waals surface area contributed by atoms with E-state index in [1.165, 1.54) is 0 Å². The fraction of sp³-hybridized carbons (Fsp3) is 0.375. The minimum atomic E-state index is 0.305. The number of rotatable bonds is 2. The van der Waals surface area contributed by atoms with Gasteiger partial charge in [0.25, 0.3) is 5.89 Å². The molecule has 0 saturated carbocycles. The zero-order valence-corrected chi connectivity index (χ0v) is 13.0.